The number of ether oxygens (including phenoxy) is 2. The monoisotopic (exact) mass is 285 g/mol. The van der Waals surface area contributed by atoms with Gasteiger partial charge in [0.1, 0.15) is 11.9 Å². The maximum absolute atomic E-state index is 11.9. The maximum atomic E-state index is 11.9. The molecule has 0 bridgehead atoms. The van der Waals surface area contributed by atoms with E-state index in [0.717, 1.165) is 0 Å². The number of sulfonamides is 1. The molecule has 1 aromatic carbocycles. The van der Waals surface area contributed by atoms with Gasteiger partial charge in [-0.1, -0.05) is 18.2 Å². The zero-order valence-electron chi connectivity index (χ0n) is 11.1. The second-order valence-corrected chi connectivity index (χ2v) is 7.09. The van der Waals surface area contributed by atoms with E-state index in [-0.39, 0.29) is 12.1 Å². The summed E-state index contributed by atoms with van der Waals surface area (Å²) in [5, 5.41) is -0.467. The number of hydrogen-bond donors (Lipinski definition) is 1. The number of rotatable bonds is 5. The topological polar surface area (TPSA) is 64.6 Å². The predicted molar refractivity (Wildman–Crippen MR) is 72.7 cm³/mol. The highest BCUT2D eigenvalue weighted by Gasteiger charge is 2.34. The molecule has 1 saturated heterocycles. The van der Waals surface area contributed by atoms with Gasteiger partial charge >= 0.3 is 0 Å². The molecule has 2 atom stereocenters. The number of para-hydroxylation sites is 1. The Hall–Kier alpha value is -1.11. The van der Waals surface area contributed by atoms with Gasteiger partial charge in [0.15, 0.2) is 0 Å². The van der Waals surface area contributed by atoms with Crippen molar-refractivity contribution >= 4 is 10.0 Å². The van der Waals surface area contributed by atoms with E-state index in [1.54, 1.807) is 13.8 Å². The lowest BCUT2D eigenvalue weighted by atomic mass is 10.2. The van der Waals surface area contributed by atoms with Gasteiger partial charge < -0.3 is 9.47 Å². The fourth-order valence-corrected chi connectivity index (χ4v) is 2.70. The number of benzene rings is 1. The summed E-state index contributed by atoms with van der Waals surface area (Å²) in [5.41, 5.74) is 0. The molecule has 0 amide bonds. The predicted octanol–water partition coefficient (Wildman–Crippen LogP) is 1.16. The zero-order chi connectivity index (χ0) is 13.9. The SMILES string of the molecule is CC(C)S(=O)(=O)N[C@H]1COC[C@H]1Oc1ccccc1. The minimum Gasteiger partial charge on any atom is -0.486 e. The molecule has 2 rings (SSSR count). The smallest absolute Gasteiger partial charge is 0.214 e. The lowest BCUT2D eigenvalue weighted by molar-refractivity contribution is 0.140. The molecule has 19 heavy (non-hydrogen) atoms. The van der Waals surface area contributed by atoms with Gasteiger partial charge in [-0.2, -0.15) is 0 Å². The summed E-state index contributed by atoms with van der Waals surface area (Å²) in [5.74, 6) is 0.715. The standard InChI is InChI=1S/C13H19NO4S/c1-10(2)19(15,16)14-12-8-17-9-13(12)18-11-6-4-3-5-7-11/h3-7,10,12-14H,8-9H2,1-2H3/t12-,13+/m0/s1. The van der Waals surface area contributed by atoms with Gasteiger partial charge in [0, 0.05) is 0 Å². The van der Waals surface area contributed by atoms with Crippen LogP contribution in [0.3, 0.4) is 0 Å². The van der Waals surface area contributed by atoms with Crippen molar-refractivity contribution in [3.63, 3.8) is 0 Å². The Morgan fingerprint density at radius 1 is 1.26 bits per heavy atom. The quantitative estimate of drug-likeness (QED) is 0.881. The molecular formula is C13H19NO4S. The van der Waals surface area contributed by atoms with Crippen molar-refractivity contribution < 1.29 is 17.9 Å². The summed E-state index contributed by atoms with van der Waals surface area (Å²) in [6, 6.07) is 8.99. The van der Waals surface area contributed by atoms with E-state index in [2.05, 4.69) is 4.72 Å². The van der Waals surface area contributed by atoms with E-state index in [9.17, 15) is 8.42 Å². The molecule has 1 aromatic rings. The lowest BCUT2D eigenvalue weighted by Crippen LogP contribution is -2.47. The zero-order valence-corrected chi connectivity index (χ0v) is 11.9. The molecule has 1 heterocycles. The van der Waals surface area contributed by atoms with Crippen LogP contribution in [0.5, 0.6) is 5.75 Å². The second-order valence-electron chi connectivity index (χ2n) is 4.82. The summed E-state index contributed by atoms with van der Waals surface area (Å²) < 4.78 is 37.4. The van der Waals surface area contributed by atoms with Crippen LogP contribution >= 0.6 is 0 Å². The van der Waals surface area contributed by atoms with Gasteiger partial charge in [0.25, 0.3) is 0 Å². The summed E-state index contributed by atoms with van der Waals surface area (Å²) in [6.07, 6.45) is -0.295. The van der Waals surface area contributed by atoms with Crippen LogP contribution in [0.2, 0.25) is 0 Å². The molecule has 0 radical (unpaired) electrons. The molecule has 0 saturated carbocycles. The van der Waals surface area contributed by atoms with Crippen molar-refractivity contribution in [1.82, 2.24) is 4.72 Å². The molecule has 1 aliphatic heterocycles. The van der Waals surface area contributed by atoms with Crippen LogP contribution < -0.4 is 9.46 Å². The Labute approximate surface area is 114 Å². The van der Waals surface area contributed by atoms with E-state index in [1.807, 2.05) is 30.3 Å². The molecule has 106 valence electrons. The molecule has 6 heteroatoms. The van der Waals surface area contributed by atoms with Crippen LogP contribution in [0.15, 0.2) is 30.3 Å². The van der Waals surface area contributed by atoms with Crippen molar-refractivity contribution in [1.29, 1.82) is 0 Å². The van der Waals surface area contributed by atoms with Crippen molar-refractivity contribution in [2.75, 3.05) is 13.2 Å². The molecule has 0 spiro atoms. The van der Waals surface area contributed by atoms with Crippen molar-refractivity contribution in [2.45, 2.75) is 31.2 Å². The molecular weight excluding hydrogens is 266 g/mol. The summed E-state index contributed by atoms with van der Waals surface area (Å²) in [4.78, 5) is 0. The highest BCUT2D eigenvalue weighted by atomic mass is 32.2. The molecule has 0 aromatic heterocycles. The molecule has 0 aliphatic carbocycles. The average Bonchev–Trinajstić information content (AvgIpc) is 2.77. The van der Waals surface area contributed by atoms with Gasteiger partial charge in [-0.15, -0.1) is 0 Å². The highest BCUT2D eigenvalue weighted by Crippen LogP contribution is 2.17. The first kappa shape index (κ1) is 14.3. The third kappa shape index (κ3) is 3.68. The van der Waals surface area contributed by atoms with Crippen LogP contribution in [0.1, 0.15) is 13.8 Å². The first-order valence-corrected chi connectivity index (χ1v) is 7.84. The van der Waals surface area contributed by atoms with Crippen molar-refractivity contribution in [2.24, 2.45) is 0 Å². The minimum atomic E-state index is -3.32. The summed E-state index contributed by atoms with van der Waals surface area (Å²) in [6.45, 7) is 4.01. The highest BCUT2D eigenvalue weighted by molar-refractivity contribution is 7.90. The number of hydrogen-bond acceptors (Lipinski definition) is 4. The third-order valence-corrected chi connectivity index (χ3v) is 4.87. The van der Waals surface area contributed by atoms with Crippen molar-refractivity contribution in [3.8, 4) is 5.75 Å². The van der Waals surface area contributed by atoms with Gasteiger partial charge in [-0.05, 0) is 26.0 Å². The normalized spacial score (nSPS) is 23.7. The number of nitrogens with one attached hydrogen (secondary N) is 1. The Morgan fingerprint density at radius 3 is 2.58 bits per heavy atom. The molecule has 0 unspecified atom stereocenters. The van der Waals surface area contributed by atoms with Crippen LogP contribution in [0.4, 0.5) is 0 Å². The molecule has 1 fully saturated rings. The fraction of sp³-hybridized carbons (Fsp3) is 0.538. The lowest BCUT2D eigenvalue weighted by Gasteiger charge is -2.21. The molecule has 5 nitrogen and oxygen atoms in total. The van der Waals surface area contributed by atoms with Crippen LogP contribution in [-0.4, -0.2) is 39.0 Å². The second kappa shape index (κ2) is 5.90. The van der Waals surface area contributed by atoms with E-state index >= 15 is 0 Å². The van der Waals surface area contributed by atoms with Gasteiger partial charge in [0.05, 0.1) is 24.5 Å². The Kier molecular flexibility index (Phi) is 4.44. The Bertz CT molecular complexity index is 501. The van der Waals surface area contributed by atoms with Gasteiger partial charge in [-0.25, -0.2) is 13.1 Å². The average molecular weight is 285 g/mol. The Morgan fingerprint density at radius 2 is 1.95 bits per heavy atom. The first-order valence-electron chi connectivity index (χ1n) is 6.29. The largest absolute Gasteiger partial charge is 0.486 e. The van der Waals surface area contributed by atoms with Crippen molar-refractivity contribution in [3.05, 3.63) is 30.3 Å². The first-order chi connectivity index (χ1) is 8.99. The molecule has 1 aliphatic rings. The molecule has 1 N–H and O–H groups in total. The van der Waals surface area contributed by atoms with Gasteiger partial charge in [-0.3, -0.25) is 0 Å². The summed E-state index contributed by atoms with van der Waals surface area (Å²) in [7, 11) is -3.32. The van der Waals surface area contributed by atoms with E-state index in [0.29, 0.717) is 19.0 Å². The third-order valence-electron chi connectivity index (χ3n) is 3.00. The van der Waals surface area contributed by atoms with E-state index in [4.69, 9.17) is 9.47 Å². The fourth-order valence-electron chi connectivity index (χ4n) is 1.78. The Balaban J connectivity index is 2.02. The van der Waals surface area contributed by atoms with Crippen LogP contribution in [0.25, 0.3) is 0 Å². The van der Waals surface area contributed by atoms with Crippen LogP contribution in [-0.2, 0) is 14.8 Å². The maximum Gasteiger partial charge on any atom is 0.214 e. The minimum absolute atomic E-state index is 0.295. The van der Waals surface area contributed by atoms with Crippen LogP contribution in [0, 0.1) is 0 Å². The van der Waals surface area contributed by atoms with E-state index < -0.39 is 15.3 Å². The van der Waals surface area contributed by atoms with Gasteiger partial charge in [0.2, 0.25) is 10.0 Å². The summed E-state index contributed by atoms with van der Waals surface area (Å²) >= 11 is 0. The van der Waals surface area contributed by atoms with E-state index in [1.165, 1.54) is 0 Å².